The summed E-state index contributed by atoms with van der Waals surface area (Å²) in [5.41, 5.74) is 1.42. The highest BCUT2D eigenvalue weighted by Gasteiger charge is 1.97. The lowest BCUT2D eigenvalue weighted by molar-refractivity contribution is 0.683. The highest BCUT2D eigenvalue weighted by molar-refractivity contribution is 7.98. The summed E-state index contributed by atoms with van der Waals surface area (Å²) in [5, 5.41) is 5.62. The van der Waals surface area contributed by atoms with Crippen LogP contribution < -0.4 is 5.32 Å². The maximum Gasteiger partial charge on any atom is 0.0302 e. The lowest BCUT2D eigenvalue weighted by Crippen LogP contribution is -2.14. The van der Waals surface area contributed by atoms with Crippen LogP contribution in [0.25, 0.3) is 0 Å². The van der Waals surface area contributed by atoms with E-state index in [1.54, 1.807) is 0 Å². The second-order valence-electron chi connectivity index (χ2n) is 3.05. The number of nitrogens with one attached hydrogen (secondary N) is 1. The molecule has 1 N–H and O–H groups in total. The van der Waals surface area contributed by atoms with E-state index in [0.717, 1.165) is 13.1 Å². The minimum absolute atomic E-state index is 1.04. The Balaban J connectivity index is 2.10. The van der Waals surface area contributed by atoms with Crippen molar-refractivity contribution in [1.82, 2.24) is 5.32 Å². The fourth-order valence-electron chi connectivity index (χ4n) is 1.13. The average Bonchev–Trinajstić information content (AvgIpc) is 2.52. The molecule has 0 saturated heterocycles. The fraction of sp³-hybridized carbons (Fsp3) is 0.600. The zero-order valence-electron chi connectivity index (χ0n) is 8.30. The summed E-state index contributed by atoms with van der Waals surface area (Å²) in [6, 6.07) is 2.18. The lowest BCUT2D eigenvalue weighted by Gasteiger charge is -2.02. The maximum absolute atomic E-state index is 3.46. The first-order valence-electron chi connectivity index (χ1n) is 4.57. The molecule has 0 aliphatic rings. The first-order chi connectivity index (χ1) is 6.34. The Bertz CT molecular complexity index is 233. The summed E-state index contributed by atoms with van der Waals surface area (Å²) in [6.45, 7) is 4.35. The molecule has 0 radical (unpaired) electrons. The molecule has 0 aliphatic heterocycles. The molecule has 1 aromatic rings. The topological polar surface area (TPSA) is 12.0 Å². The molecule has 0 unspecified atom stereocenters. The molecule has 13 heavy (non-hydrogen) atoms. The second-order valence-corrected chi connectivity index (χ2v) is 5.04. The van der Waals surface area contributed by atoms with E-state index in [2.05, 4.69) is 29.9 Å². The van der Waals surface area contributed by atoms with Crippen molar-refractivity contribution < 1.29 is 0 Å². The van der Waals surface area contributed by atoms with Crippen molar-refractivity contribution in [2.75, 3.05) is 18.6 Å². The Morgan fingerprint density at radius 1 is 1.54 bits per heavy atom. The minimum atomic E-state index is 1.04. The Hall–Kier alpha value is 0.0100. The highest BCUT2D eigenvalue weighted by Crippen LogP contribution is 2.14. The van der Waals surface area contributed by atoms with Crippen LogP contribution >= 0.6 is 23.1 Å². The molecule has 0 amide bonds. The number of thiophene rings is 1. The summed E-state index contributed by atoms with van der Waals surface area (Å²) in [4.78, 5) is 1.48. The van der Waals surface area contributed by atoms with Crippen LogP contribution in [-0.2, 0) is 6.54 Å². The monoisotopic (exact) mass is 215 g/mol. The summed E-state index contributed by atoms with van der Waals surface area (Å²) < 4.78 is 0. The highest BCUT2D eigenvalue weighted by atomic mass is 32.2. The predicted octanol–water partition coefficient (Wildman–Crippen LogP) is 2.90. The number of thioether (sulfide) groups is 1. The van der Waals surface area contributed by atoms with Crippen LogP contribution in [0.5, 0.6) is 0 Å². The number of hydrogen-bond donors (Lipinski definition) is 1. The second kappa shape index (κ2) is 6.46. The molecule has 1 rings (SSSR count). The standard InChI is InChI=1S/C10H17NS2/c1-9-4-7-13-10(9)8-11-5-3-6-12-2/h4,7,11H,3,5-6,8H2,1-2H3. The first-order valence-corrected chi connectivity index (χ1v) is 6.84. The molecule has 0 saturated carbocycles. The fourth-order valence-corrected chi connectivity index (χ4v) is 2.44. The summed E-state index contributed by atoms with van der Waals surface area (Å²) >= 11 is 3.76. The molecular formula is C10H17NS2. The maximum atomic E-state index is 3.46. The van der Waals surface area contributed by atoms with Gasteiger partial charge in [0.15, 0.2) is 0 Å². The third-order valence-corrected chi connectivity index (χ3v) is 3.68. The van der Waals surface area contributed by atoms with E-state index in [4.69, 9.17) is 0 Å². The van der Waals surface area contributed by atoms with Gasteiger partial charge in [-0.15, -0.1) is 11.3 Å². The Morgan fingerprint density at radius 2 is 2.38 bits per heavy atom. The van der Waals surface area contributed by atoms with Crippen molar-refractivity contribution in [2.45, 2.75) is 19.9 Å². The van der Waals surface area contributed by atoms with E-state index in [9.17, 15) is 0 Å². The van der Waals surface area contributed by atoms with Crippen molar-refractivity contribution in [3.63, 3.8) is 0 Å². The molecule has 0 atom stereocenters. The summed E-state index contributed by atoms with van der Waals surface area (Å²) in [7, 11) is 0. The van der Waals surface area contributed by atoms with Crippen LogP contribution in [0.1, 0.15) is 16.9 Å². The van der Waals surface area contributed by atoms with Crippen molar-refractivity contribution in [3.05, 3.63) is 21.9 Å². The van der Waals surface area contributed by atoms with Gasteiger partial charge in [-0.3, -0.25) is 0 Å². The molecule has 74 valence electrons. The molecule has 0 spiro atoms. The zero-order chi connectivity index (χ0) is 9.52. The molecule has 0 aromatic carbocycles. The van der Waals surface area contributed by atoms with E-state index < -0.39 is 0 Å². The van der Waals surface area contributed by atoms with E-state index >= 15 is 0 Å². The van der Waals surface area contributed by atoms with Crippen LogP contribution in [0.2, 0.25) is 0 Å². The van der Waals surface area contributed by atoms with Gasteiger partial charge < -0.3 is 5.32 Å². The Labute approximate surface area is 88.9 Å². The zero-order valence-corrected chi connectivity index (χ0v) is 9.93. The number of aryl methyl sites for hydroxylation is 1. The molecule has 1 aromatic heterocycles. The molecule has 0 aliphatic carbocycles. The predicted molar refractivity (Wildman–Crippen MR) is 63.8 cm³/mol. The normalized spacial score (nSPS) is 10.6. The molecule has 0 fully saturated rings. The molecule has 1 heterocycles. The van der Waals surface area contributed by atoms with Crippen LogP contribution in [0.4, 0.5) is 0 Å². The van der Waals surface area contributed by atoms with Gasteiger partial charge in [0.25, 0.3) is 0 Å². The van der Waals surface area contributed by atoms with Crippen LogP contribution in [0.3, 0.4) is 0 Å². The Morgan fingerprint density at radius 3 is 3.00 bits per heavy atom. The van der Waals surface area contributed by atoms with Gasteiger partial charge in [0.2, 0.25) is 0 Å². The van der Waals surface area contributed by atoms with Crippen molar-refractivity contribution in [1.29, 1.82) is 0 Å². The molecule has 0 bridgehead atoms. The summed E-state index contributed by atoms with van der Waals surface area (Å²) in [6.07, 6.45) is 3.43. The molecule has 3 heteroatoms. The SMILES string of the molecule is CSCCCNCc1sccc1C. The van der Waals surface area contributed by atoms with Crippen LogP contribution in [0.15, 0.2) is 11.4 Å². The van der Waals surface area contributed by atoms with Crippen molar-refractivity contribution in [3.8, 4) is 0 Å². The van der Waals surface area contributed by atoms with Gasteiger partial charge in [0, 0.05) is 11.4 Å². The van der Waals surface area contributed by atoms with E-state index in [0.29, 0.717) is 0 Å². The third kappa shape index (κ3) is 4.16. The van der Waals surface area contributed by atoms with Gasteiger partial charge in [-0.1, -0.05) is 0 Å². The van der Waals surface area contributed by atoms with Gasteiger partial charge in [-0.05, 0) is 48.9 Å². The third-order valence-electron chi connectivity index (χ3n) is 1.96. The smallest absolute Gasteiger partial charge is 0.0302 e. The quantitative estimate of drug-likeness (QED) is 0.732. The van der Waals surface area contributed by atoms with E-state index in [1.165, 1.54) is 22.6 Å². The van der Waals surface area contributed by atoms with Gasteiger partial charge in [-0.2, -0.15) is 11.8 Å². The summed E-state index contributed by atoms with van der Waals surface area (Å²) in [5.74, 6) is 1.26. The van der Waals surface area contributed by atoms with Gasteiger partial charge in [0.1, 0.15) is 0 Å². The number of hydrogen-bond acceptors (Lipinski definition) is 3. The van der Waals surface area contributed by atoms with Gasteiger partial charge in [-0.25, -0.2) is 0 Å². The Kier molecular flexibility index (Phi) is 5.51. The van der Waals surface area contributed by atoms with Crippen LogP contribution in [-0.4, -0.2) is 18.6 Å². The number of rotatable bonds is 6. The van der Waals surface area contributed by atoms with E-state index in [-0.39, 0.29) is 0 Å². The first kappa shape index (κ1) is 11.1. The largest absolute Gasteiger partial charge is 0.312 e. The average molecular weight is 215 g/mol. The van der Waals surface area contributed by atoms with Crippen molar-refractivity contribution in [2.24, 2.45) is 0 Å². The van der Waals surface area contributed by atoms with Gasteiger partial charge >= 0.3 is 0 Å². The molecule has 1 nitrogen and oxygen atoms in total. The van der Waals surface area contributed by atoms with Crippen molar-refractivity contribution >= 4 is 23.1 Å². The lowest BCUT2D eigenvalue weighted by atomic mass is 10.3. The molecular weight excluding hydrogens is 198 g/mol. The van der Waals surface area contributed by atoms with E-state index in [1.807, 2.05) is 23.1 Å². The van der Waals surface area contributed by atoms with Crippen LogP contribution in [0, 0.1) is 6.92 Å². The minimum Gasteiger partial charge on any atom is -0.312 e. The van der Waals surface area contributed by atoms with Gasteiger partial charge in [0.05, 0.1) is 0 Å².